The first-order valence-corrected chi connectivity index (χ1v) is 5.34. The third kappa shape index (κ3) is 3.53. The number of nitrogens with one attached hydrogen (secondary N) is 1. The average Bonchev–Trinajstić information content (AvgIpc) is 2.43. The Hall–Kier alpha value is -1.95. The minimum Gasteiger partial charge on any atom is -0.493 e. The molecule has 1 amide bonds. The maximum Gasteiger partial charge on any atom is 0.406 e. The molecule has 0 aliphatic heterocycles. The molecule has 100 valence electrons. The van der Waals surface area contributed by atoms with Crippen LogP contribution in [0.1, 0.15) is 11.7 Å². The van der Waals surface area contributed by atoms with E-state index in [1.54, 1.807) is 18.2 Å². The summed E-state index contributed by atoms with van der Waals surface area (Å²) in [5, 5.41) is 12.3. The van der Waals surface area contributed by atoms with Gasteiger partial charge in [-0.25, -0.2) is 4.79 Å². The molecule has 0 saturated carbocycles. The number of carbonyl (C=O) groups is 1. The van der Waals surface area contributed by atoms with Gasteiger partial charge in [-0.3, -0.25) is 0 Å². The normalized spacial score (nSPS) is 11.6. The van der Waals surface area contributed by atoms with Gasteiger partial charge in [0, 0.05) is 0 Å². The number of aliphatic hydroxyl groups excluding tert-OH is 1. The van der Waals surface area contributed by atoms with E-state index in [0.717, 1.165) is 0 Å². The summed E-state index contributed by atoms with van der Waals surface area (Å²) < 4.78 is 14.6. The van der Waals surface area contributed by atoms with Gasteiger partial charge in [0.15, 0.2) is 11.5 Å². The molecule has 0 radical (unpaired) electrons. The molecule has 0 fully saturated rings. The van der Waals surface area contributed by atoms with Gasteiger partial charge < -0.3 is 24.6 Å². The number of rotatable bonds is 5. The molecule has 0 bridgehead atoms. The summed E-state index contributed by atoms with van der Waals surface area (Å²) in [6.45, 7) is 0.0577. The number of hydrogen-bond acceptors (Lipinski definition) is 5. The summed E-state index contributed by atoms with van der Waals surface area (Å²) in [4.78, 5) is 10.9. The number of benzene rings is 1. The van der Waals surface area contributed by atoms with Gasteiger partial charge in [0.2, 0.25) is 0 Å². The van der Waals surface area contributed by atoms with Crippen molar-refractivity contribution in [3.63, 3.8) is 0 Å². The lowest BCUT2D eigenvalue weighted by Crippen LogP contribution is -2.28. The van der Waals surface area contributed by atoms with Gasteiger partial charge in [0.1, 0.15) is 0 Å². The molecular weight excluding hydrogens is 238 g/mol. The number of alkyl carbamates (subject to hydrolysis) is 1. The molecule has 0 heterocycles. The number of carbonyl (C=O) groups excluding carboxylic acids is 1. The molecule has 0 aliphatic rings. The van der Waals surface area contributed by atoms with Crippen molar-refractivity contribution < 1.29 is 24.1 Å². The molecule has 0 saturated heterocycles. The van der Waals surface area contributed by atoms with Crippen LogP contribution in [-0.2, 0) is 4.74 Å². The number of amides is 1. The van der Waals surface area contributed by atoms with E-state index in [4.69, 9.17) is 9.47 Å². The molecule has 1 aromatic carbocycles. The van der Waals surface area contributed by atoms with E-state index in [1.807, 2.05) is 0 Å². The molecule has 1 rings (SSSR count). The zero-order valence-electron chi connectivity index (χ0n) is 10.6. The van der Waals surface area contributed by atoms with Crippen molar-refractivity contribution in [2.24, 2.45) is 0 Å². The standard InChI is InChI=1S/C12H17NO5/c1-16-10-5-4-8(6-11(10)17-2)9(14)7-13-12(15)18-3/h4-6,9,14H,7H2,1-3H3,(H,13,15). The molecule has 6 nitrogen and oxygen atoms in total. The topological polar surface area (TPSA) is 77.0 Å². The summed E-state index contributed by atoms with van der Waals surface area (Å²) in [6, 6.07) is 5.04. The molecule has 18 heavy (non-hydrogen) atoms. The van der Waals surface area contributed by atoms with E-state index in [0.29, 0.717) is 17.1 Å². The van der Waals surface area contributed by atoms with Crippen molar-refractivity contribution >= 4 is 6.09 Å². The van der Waals surface area contributed by atoms with Gasteiger partial charge in [-0.05, 0) is 17.7 Å². The molecule has 6 heteroatoms. The van der Waals surface area contributed by atoms with Crippen LogP contribution in [-0.4, -0.2) is 39.1 Å². The van der Waals surface area contributed by atoms with Crippen LogP contribution in [0, 0.1) is 0 Å². The van der Waals surface area contributed by atoms with Crippen LogP contribution in [0.4, 0.5) is 4.79 Å². The third-order valence-electron chi connectivity index (χ3n) is 2.42. The van der Waals surface area contributed by atoms with Crippen LogP contribution in [0.5, 0.6) is 11.5 Å². The highest BCUT2D eigenvalue weighted by molar-refractivity contribution is 5.66. The highest BCUT2D eigenvalue weighted by Crippen LogP contribution is 2.29. The Bertz CT molecular complexity index is 407. The first-order chi connectivity index (χ1) is 8.62. The van der Waals surface area contributed by atoms with E-state index in [1.165, 1.54) is 21.3 Å². The maximum absolute atomic E-state index is 10.9. The lowest BCUT2D eigenvalue weighted by molar-refractivity contribution is 0.147. The first-order valence-electron chi connectivity index (χ1n) is 5.34. The minimum atomic E-state index is -0.844. The van der Waals surface area contributed by atoms with Crippen molar-refractivity contribution in [2.45, 2.75) is 6.10 Å². The SMILES string of the molecule is COC(=O)NCC(O)c1ccc(OC)c(OC)c1. The van der Waals surface area contributed by atoms with Crippen LogP contribution >= 0.6 is 0 Å². The van der Waals surface area contributed by atoms with Gasteiger partial charge in [-0.15, -0.1) is 0 Å². The second-order valence-corrected chi connectivity index (χ2v) is 3.50. The summed E-state index contributed by atoms with van der Waals surface area (Å²) >= 11 is 0. The summed E-state index contributed by atoms with van der Waals surface area (Å²) in [5.74, 6) is 1.10. The second-order valence-electron chi connectivity index (χ2n) is 3.50. The molecule has 1 unspecified atom stereocenters. The van der Waals surface area contributed by atoms with Crippen molar-refractivity contribution in [3.8, 4) is 11.5 Å². The van der Waals surface area contributed by atoms with Crippen molar-refractivity contribution in [1.29, 1.82) is 0 Å². The summed E-state index contributed by atoms with van der Waals surface area (Å²) in [5.41, 5.74) is 0.615. The highest BCUT2D eigenvalue weighted by Gasteiger charge is 2.12. The van der Waals surface area contributed by atoms with Crippen LogP contribution in [0.2, 0.25) is 0 Å². The Morgan fingerprint density at radius 3 is 2.50 bits per heavy atom. The lowest BCUT2D eigenvalue weighted by Gasteiger charge is -2.14. The molecule has 0 aromatic heterocycles. The molecule has 0 aliphatic carbocycles. The largest absolute Gasteiger partial charge is 0.493 e. The van der Waals surface area contributed by atoms with Crippen molar-refractivity contribution in [2.75, 3.05) is 27.9 Å². The van der Waals surface area contributed by atoms with E-state index < -0.39 is 12.2 Å². The predicted octanol–water partition coefficient (Wildman–Crippen LogP) is 1.09. The molecule has 1 atom stereocenters. The third-order valence-corrected chi connectivity index (χ3v) is 2.42. The second kappa shape index (κ2) is 6.70. The fraction of sp³-hybridized carbons (Fsp3) is 0.417. The van der Waals surface area contributed by atoms with Crippen molar-refractivity contribution in [3.05, 3.63) is 23.8 Å². The number of methoxy groups -OCH3 is 3. The van der Waals surface area contributed by atoms with E-state index in [2.05, 4.69) is 10.1 Å². The zero-order valence-corrected chi connectivity index (χ0v) is 10.6. The van der Waals surface area contributed by atoms with E-state index >= 15 is 0 Å². The smallest absolute Gasteiger partial charge is 0.406 e. The van der Waals surface area contributed by atoms with Gasteiger partial charge in [0.25, 0.3) is 0 Å². The predicted molar refractivity (Wildman–Crippen MR) is 64.9 cm³/mol. The molecule has 0 spiro atoms. The molecular formula is C12H17NO5. The van der Waals surface area contributed by atoms with Crippen LogP contribution in [0.3, 0.4) is 0 Å². The van der Waals surface area contributed by atoms with Crippen LogP contribution in [0.25, 0.3) is 0 Å². The Balaban J connectivity index is 2.73. The fourth-order valence-electron chi connectivity index (χ4n) is 1.43. The summed E-state index contributed by atoms with van der Waals surface area (Å²) in [7, 11) is 4.31. The lowest BCUT2D eigenvalue weighted by atomic mass is 10.1. The number of hydrogen-bond donors (Lipinski definition) is 2. The Morgan fingerprint density at radius 2 is 1.94 bits per heavy atom. The van der Waals surface area contributed by atoms with E-state index in [-0.39, 0.29) is 6.54 Å². The molecule has 1 aromatic rings. The average molecular weight is 255 g/mol. The fourth-order valence-corrected chi connectivity index (χ4v) is 1.43. The van der Waals surface area contributed by atoms with Gasteiger partial charge in [-0.1, -0.05) is 6.07 Å². The Morgan fingerprint density at radius 1 is 1.28 bits per heavy atom. The van der Waals surface area contributed by atoms with Crippen LogP contribution in [0.15, 0.2) is 18.2 Å². The quantitative estimate of drug-likeness (QED) is 0.823. The summed E-state index contributed by atoms with van der Waals surface area (Å²) in [6.07, 6.45) is -1.43. The van der Waals surface area contributed by atoms with E-state index in [9.17, 15) is 9.90 Å². The van der Waals surface area contributed by atoms with Gasteiger partial charge >= 0.3 is 6.09 Å². The Kier molecular flexibility index (Phi) is 5.26. The highest BCUT2D eigenvalue weighted by atomic mass is 16.5. The van der Waals surface area contributed by atoms with Gasteiger partial charge in [-0.2, -0.15) is 0 Å². The number of ether oxygens (including phenoxy) is 3. The maximum atomic E-state index is 10.9. The Labute approximate surface area is 105 Å². The monoisotopic (exact) mass is 255 g/mol. The van der Waals surface area contributed by atoms with Gasteiger partial charge in [0.05, 0.1) is 34.0 Å². The number of aliphatic hydroxyl groups is 1. The zero-order chi connectivity index (χ0) is 13.5. The van der Waals surface area contributed by atoms with Crippen LogP contribution < -0.4 is 14.8 Å². The minimum absolute atomic E-state index is 0.0577. The molecule has 2 N–H and O–H groups in total. The first kappa shape index (κ1) is 14.1. The van der Waals surface area contributed by atoms with Crippen molar-refractivity contribution in [1.82, 2.24) is 5.32 Å².